The maximum absolute atomic E-state index is 12.8. The summed E-state index contributed by atoms with van der Waals surface area (Å²) in [5, 5.41) is 5.33. The second kappa shape index (κ2) is 6.59. The fourth-order valence-corrected chi connectivity index (χ4v) is 4.58. The number of piperidine rings is 2. The zero-order chi connectivity index (χ0) is 18.3. The summed E-state index contributed by atoms with van der Waals surface area (Å²) in [6, 6.07) is 0. The van der Waals surface area contributed by atoms with Crippen molar-refractivity contribution in [2.45, 2.75) is 51.9 Å². The second-order valence-corrected chi connectivity index (χ2v) is 8.50. The molecule has 0 aromatic carbocycles. The van der Waals surface area contributed by atoms with Crippen molar-refractivity contribution in [3.05, 3.63) is 21.6 Å². The number of amides is 2. The van der Waals surface area contributed by atoms with Crippen molar-refractivity contribution in [2.75, 3.05) is 26.2 Å². The molecule has 142 valence electrons. The number of likely N-dealkylation sites (tertiary alicyclic amines) is 2. The fourth-order valence-electron chi connectivity index (χ4n) is 4.58. The summed E-state index contributed by atoms with van der Waals surface area (Å²) in [5.41, 5.74) is 1.09. The quantitative estimate of drug-likeness (QED) is 0.845. The molecule has 1 atom stereocenters. The average Bonchev–Trinajstić information content (AvgIpc) is 3.39. The zero-order valence-corrected chi connectivity index (χ0v) is 15.5. The Morgan fingerprint density at radius 1 is 1.19 bits per heavy atom. The van der Waals surface area contributed by atoms with E-state index in [4.69, 9.17) is 0 Å². The van der Waals surface area contributed by atoms with Crippen molar-refractivity contribution in [3.8, 4) is 0 Å². The highest BCUT2D eigenvalue weighted by molar-refractivity contribution is 5.79. The van der Waals surface area contributed by atoms with Gasteiger partial charge in [-0.05, 0) is 44.9 Å². The van der Waals surface area contributed by atoms with E-state index in [1.54, 1.807) is 6.92 Å². The minimum Gasteiger partial charge on any atom is -0.342 e. The van der Waals surface area contributed by atoms with Crippen LogP contribution in [-0.4, -0.2) is 58.0 Å². The molecule has 7 nitrogen and oxygen atoms in total. The number of hydrogen-bond acceptors (Lipinski definition) is 3. The van der Waals surface area contributed by atoms with Gasteiger partial charge in [-0.3, -0.25) is 19.5 Å². The Balaban J connectivity index is 1.43. The van der Waals surface area contributed by atoms with E-state index in [0.29, 0.717) is 24.4 Å². The van der Waals surface area contributed by atoms with Crippen LogP contribution in [0.4, 0.5) is 0 Å². The number of carbonyl (C=O) groups excluding carboxylic acids is 2. The molecule has 0 bridgehead atoms. The molecule has 3 aliphatic rings. The van der Waals surface area contributed by atoms with Crippen LogP contribution in [0, 0.1) is 18.3 Å². The molecular weight excluding hydrogens is 332 g/mol. The number of carbonyl (C=O) groups is 2. The first-order valence-corrected chi connectivity index (χ1v) is 9.77. The number of aromatic nitrogens is 2. The molecule has 1 aromatic heterocycles. The van der Waals surface area contributed by atoms with Crippen LogP contribution < -0.4 is 5.56 Å². The number of nitrogens with zero attached hydrogens (tertiary/aromatic N) is 2. The first-order chi connectivity index (χ1) is 12.5. The number of aromatic amines is 2. The Labute approximate surface area is 153 Å². The smallest absolute Gasteiger partial charge is 0.267 e. The maximum Gasteiger partial charge on any atom is 0.267 e. The summed E-state index contributed by atoms with van der Waals surface area (Å²) >= 11 is 0. The Kier molecular flexibility index (Phi) is 4.40. The van der Waals surface area contributed by atoms with E-state index in [9.17, 15) is 14.4 Å². The molecule has 1 aromatic rings. The van der Waals surface area contributed by atoms with Crippen molar-refractivity contribution in [3.63, 3.8) is 0 Å². The molecule has 2 aliphatic heterocycles. The van der Waals surface area contributed by atoms with E-state index in [1.807, 2.05) is 4.90 Å². The molecule has 0 unspecified atom stereocenters. The second-order valence-electron chi connectivity index (χ2n) is 8.50. The van der Waals surface area contributed by atoms with E-state index in [2.05, 4.69) is 15.1 Å². The fraction of sp³-hybridized carbons (Fsp3) is 0.737. The summed E-state index contributed by atoms with van der Waals surface area (Å²) in [7, 11) is 0. The molecule has 2 saturated heterocycles. The lowest BCUT2D eigenvalue weighted by Crippen LogP contribution is -2.55. The van der Waals surface area contributed by atoms with Crippen LogP contribution in [0.5, 0.6) is 0 Å². The van der Waals surface area contributed by atoms with Crippen LogP contribution in [0.25, 0.3) is 0 Å². The highest BCUT2D eigenvalue weighted by Crippen LogP contribution is 2.40. The minimum absolute atomic E-state index is 0.0166. The highest BCUT2D eigenvalue weighted by atomic mass is 16.2. The third kappa shape index (κ3) is 3.44. The zero-order valence-electron chi connectivity index (χ0n) is 15.5. The summed E-state index contributed by atoms with van der Waals surface area (Å²) < 4.78 is 0. The summed E-state index contributed by atoms with van der Waals surface area (Å²) in [4.78, 5) is 40.9. The molecule has 1 aliphatic carbocycles. The van der Waals surface area contributed by atoms with Gasteiger partial charge in [0.15, 0.2) is 0 Å². The van der Waals surface area contributed by atoms with Gasteiger partial charge in [0.2, 0.25) is 11.8 Å². The van der Waals surface area contributed by atoms with E-state index >= 15 is 0 Å². The SMILES string of the molecule is Cc1[nH][nH]c(=O)c1CC(=O)N1CCC[C@@]2(CCC(=O)N(CC3CC3)C2)C1. The van der Waals surface area contributed by atoms with Gasteiger partial charge in [-0.1, -0.05) is 0 Å². The molecule has 1 spiro atoms. The molecule has 0 radical (unpaired) electrons. The van der Waals surface area contributed by atoms with Gasteiger partial charge in [-0.25, -0.2) is 0 Å². The van der Waals surface area contributed by atoms with Crippen molar-refractivity contribution < 1.29 is 9.59 Å². The number of hydrogen-bond donors (Lipinski definition) is 2. The predicted molar refractivity (Wildman–Crippen MR) is 96.6 cm³/mol. The van der Waals surface area contributed by atoms with Crippen molar-refractivity contribution in [2.24, 2.45) is 11.3 Å². The third-order valence-electron chi connectivity index (χ3n) is 6.36. The van der Waals surface area contributed by atoms with Crippen molar-refractivity contribution >= 4 is 11.8 Å². The average molecular weight is 360 g/mol. The molecule has 3 heterocycles. The van der Waals surface area contributed by atoms with Gasteiger partial charge in [0.1, 0.15) is 0 Å². The summed E-state index contributed by atoms with van der Waals surface area (Å²) in [6.07, 6.45) is 6.16. The number of H-pyrrole nitrogens is 2. The van der Waals surface area contributed by atoms with Crippen LogP contribution in [0.3, 0.4) is 0 Å². The molecule has 7 heteroatoms. The Morgan fingerprint density at radius 3 is 2.69 bits per heavy atom. The van der Waals surface area contributed by atoms with E-state index in [-0.39, 0.29) is 29.2 Å². The first kappa shape index (κ1) is 17.4. The molecule has 1 saturated carbocycles. The van der Waals surface area contributed by atoms with E-state index < -0.39 is 0 Å². The van der Waals surface area contributed by atoms with Crippen LogP contribution in [0.15, 0.2) is 4.79 Å². The number of rotatable bonds is 4. The van der Waals surface area contributed by atoms with Crippen molar-refractivity contribution in [1.82, 2.24) is 20.0 Å². The standard InChI is InChI=1S/C19H28N4O3/c1-13-15(18(26)21-20-13)9-17(25)22-8-2-6-19(11-22)7-5-16(24)23(12-19)10-14-3-4-14/h14H,2-12H2,1H3,(H2,20,21,26)/t19-/m1/s1. The van der Waals surface area contributed by atoms with Crippen LogP contribution in [-0.2, 0) is 16.0 Å². The topological polar surface area (TPSA) is 89.3 Å². The predicted octanol–water partition coefficient (Wildman–Crippen LogP) is 1.20. The lowest BCUT2D eigenvalue weighted by molar-refractivity contribution is -0.143. The third-order valence-corrected chi connectivity index (χ3v) is 6.36. The lowest BCUT2D eigenvalue weighted by atomic mass is 9.73. The van der Waals surface area contributed by atoms with Gasteiger partial charge in [0.25, 0.3) is 5.56 Å². The number of nitrogens with one attached hydrogen (secondary N) is 2. The first-order valence-electron chi connectivity index (χ1n) is 9.77. The van der Waals surface area contributed by atoms with Gasteiger partial charge in [0, 0.05) is 49.3 Å². The molecule has 2 amide bonds. The molecule has 3 fully saturated rings. The van der Waals surface area contributed by atoms with E-state index in [0.717, 1.165) is 44.6 Å². The van der Waals surface area contributed by atoms with Gasteiger partial charge < -0.3 is 14.9 Å². The van der Waals surface area contributed by atoms with Crippen LogP contribution >= 0.6 is 0 Å². The Morgan fingerprint density at radius 2 is 2.00 bits per heavy atom. The Hall–Kier alpha value is -2.05. The largest absolute Gasteiger partial charge is 0.342 e. The molecule has 4 rings (SSSR count). The Bertz CT molecular complexity index is 763. The minimum atomic E-state index is -0.207. The van der Waals surface area contributed by atoms with E-state index in [1.165, 1.54) is 12.8 Å². The maximum atomic E-state index is 12.8. The van der Waals surface area contributed by atoms with Gasteiger partial charge in [-0.2, -0.15) is 0 Å². The number of aryl methyl sites for hydroxylation is 1. The van der Waals surface area contributed by atoms with Gasteiger partial charge in [0.05, 0.1) is 6.42 Å². The lowest BCUT2D eigenvalue weighted by Gasteiger charge is -2.48. The van der Waals surface area contributed by atoms with Gasteiger partial charge in [-0.15, -0.1) is 0 Å². The summed E-state index contributed by atoms with van der Waals surface area (Å²) in [6.45, 7) is 4.95. The monoisotopic (exact) mass is 360 g/mol. The summed E-state index contributed by atoms with van der Waals surface area (Å²) in [5.74, 6) is 0.988. The molecular formula is C19H28N4O3. The van der Waals surface area contributed by atoms with Crippen LogP contribution in [0.2, 0.25) is 0 Å². The molecule has 26 heavy (non-hydrogen) atoms. The van der Waals surface area contributed by atoms with Gasteiger partial charge >= 0.3 is 0 Å². The highest BCUT2D eigenvalue weighted by Gasteiger charge is 2.43. The van der Waals surface area contributed by atoms with Crippen LogP contribution in [0.1, 0.15) is 49.8 Å². The normalized spacial score (nSPS) is 26.6. The van der Waals surface area contributed by atoms with Crippen molar-refractivity contribution in [1.29, 1.82) is 0 Å². The molecule has 2 N–H and O–H groups in total.